The molecule has 0 bridgehead atoms. The molecule has 3 heterocycles. The quantitative estimate of drug-likeness (QED) is 0.480. The van der Waals surface area contributed by atoms with Crippen molar-refractivity contribution in [2.24, 2.45) is 0 Å². The first-order valence-corrected chi connectivity index (χ1v) is 9.40. The number of aryl methyl sites for hydroxylation is 1. The molecule has 0 spiro atoms. The van der Waals surface area contributed by atoms with Crippen LogP contribution in [-0.2, 0) is 20.7 Å². The number of fused-ring (bicyclic) bond motifs is 2. The van der Waals surface area contributed by atoms with E-state index >= 15 is 0 Å². The van der Waals surface area contributed by atoms with Crippen LogP contribution in [0.5, 0.6) is 0 Å². The molecule has 0 fully saturated rings. The topological polar surface area (TPSA) is 123 Å². The highest BCUT2D eigenvalue weighted by molar-refractivity contribution is 7.18. The van der Waals surface area contributed by atoms with Crippen LogP contribution in [0.15, 0.2) is 36.9 Å². The first-order valence-electron chi connectivity index (χ1n) is 8.59. The summed E-state index contributed by atoms with van der Waals surface area (Å²) < 4.78 is 6.31. The van der Waals surface area contributed by atoms with Gasteiger partial charge in [-0.05, 0) is 19.1 Å². The normalized spacial score (nSPS) is 12.2. The molecule has 10 heteroatoms. The Balaban J connectivity index is 1.32. The lowest BCUT2D eigenvalue weighted by Gasteiger charge is -2.13. The zero-order chi connectivity index (χ0) is 19.5. The lowest BCUT2D eigenvalue weighted by atomic mass is 10.3. The van der Waals surface area contributed by atoms with E-state index in [9.17, 15) is 9.59 Å². The smallest absolute Gasteiger partial charge is 0.306 e. The van der Waals surface area contributed by atoms with Gasteiger partial charge in [-0.3, -0.25) is 9.59 Å². The van der Waals surface area contributed by atoms with E-state index < -0.39 is 18.0 Å². The van der Waals surface area contributed by atoms with Crippen molar-refractivity contribution in [3.05, 3.63) is 41.9 Å². The number of benzene rings is 1. The van der Waals surface area contributed by atoms with Gasteiger partial charge in [0.25, 0.3) is 5.91 Å². The number of nitrogens with zero attached hydrogens (tertiary/aromatic N) is 4. The molecule has 0 saturated carbocycles. The van der Waals surface area contributed by atoms with Crippen molar-refractivity contribution >= 4 is 50.4 Å². The van der Waals surface area contributed by atoms with E-state index in [-0.39, 0.29) is 12.2 Å². The average Bonchev–Trinajstić information content (AvgIpc) is 3.33. The molecule has 28 heavy (non-hydrogen) atoms. The van der Waals surface area contributed by atoms with Crippen LogP contribution >= 0.6 is 11.3 Å². The standard InChI is InChI=1S/C18H16N6O3S/c1-10(18(26)24-17-15-16(20-8-19-15)21-9-22-17)27-14(25)7-6-13-23-11-4-2-3-5-12(11)28-13/h2-5,8-10H,6-7H2,1H3,(H2,19,20,21,22,24,26). The van der Waals surface area contributed by atoms with Gasteiger partial charge in [0.1, 0.15) is 11.8 Å². The summed E-state index contributed by atoms with van der Waals surface area (Å²) in [6.07, 6.45) is 2.41. The number of carbonyl (C=O) groups is 2. The van der Waals surface area contributed by atoms with Crippen molar-refractivity contribution in [2.45, 2.75) is 25.9 Å². The van der Waals surface area contributed by atoms with Crippen molar-refractivity contribution in [1.82, 2.24) is 24.9 Å². The molecule has 0 radical (unpaired) electrons. The van der Waals surface area contributed by atoms with E-state index in [2.05, 4.69) is 30.2 Å². The van der Waals surface area contributed by atoms with Crippen LogP contribution in [0.1, 0.15) is 18.4 Å². The Kier molecular flexibility index (Phi) is 4.94. The minimum absolute atomic E-state index is 0.149. The summed E-state index contributed by atoms with van der Waals surface area (Å²) in [5.74, 6) is -0.663. The van der Waals surface area contributed by atoms with Gasteiger partial charge in [0.05, 0.1) is 28.0 Å². The summed E-state index contributed by atoms with van der Waals surface area (Å²) in [6, 6.07) is 7.80. The second-order valence-electron chi connectivity index (χ2n) is 6.02. The molecule has 2 N–H and O–H groups in total. The van der Waals surface area contributed by atoms with Crippen LogP contribution in [0.25, 0.3) is 21.4 Å². The van der Waals surface area contributed by atoms with Crippen molar-refractivity contribution in [3.8, 4) is 0 Å². The number of para-hydroxylation sites is 1. The number of nitrogens with one attached hydrogen (secondary N) is 2. The Labute approximate surface area is 163 Å². The van der Waals surface area contributed by atoms with Gasteiger partial charge >= 0.3 is 5.97 Å². The minimum atomic E-state index is -0.962. The number of anilines is 1. The predicted octanol–water partition coefficient (Wildman–Crippen LogP) is 2.47. The Bertz CT molecular complexity index is 1120. The molecule has 1 unspecified atom stereocenters. The van der Waals surface area contributed by atoms with Crippen LogP contribution in [0, 0.1) is 0 Å². The average molecular weight is 396 g/mol. The largest absolute Gasteiger partial charge is 0.453 e. The fraction of sp³-hybridized carbons (Fsp3) is 0.222. The van der Waals surface area contributed by atoms with Crippen molar-refractivity contribution in [3.63, 3.8) is 0 Å². The van der Waals surface area contributed by atoms with E-state index in [4.69, 9.17) is 4.74 Å². The number of aromatic amines is 1. The van der Waals surface area contributed by atoms with Gasteiger partial charge < -0.3 is 15.0 Å². The molecule has 0 saturated heterocycles. The Morgan fingerprint density at radius 2 is 2.11 bits per heavy atom. The predicted molar refractivity (Wildman–Crippen MR) is 104 cm³/mol. The number of rotatable bonds is 6. The minimum Gasteiger partial charge on any atom is -0.453 e. The molecule has 9 nitrogen and oxygen atoms in total. The Morgan fingerprint density at radius 1 is 1.25 bits per heavy atom. The maximum absolute atomic E-state index is 12.3. The fourth-order valence-corrected chi connectivity index (χ4v) is 3.59. The molecule has 3 aromatic heterocycles. The number of thiazole rings is 1. The van der Waals surface area contributed by atoms with Crippen molar-refractivity contribution in [1.29, 1.82) is 0 Å². The number of hydrogen-bond donors (Lipinski definition) is 2. The summed E-state index contributed by atoms with van der Waals surface area (Å²) in [4.78, 5) is 43.8. The van der Waals surface area contributed by atoms with Gasteiger partial charge in [-0.2, -0.15) is 0 Å². The molecule has 4 rings (SSSR count). The molecule has 4 aromatic rings. The first kappa shape index (κ1) is 18.0. The second kappa shape index (κ2) is 7.69. The molecule has 0 aliphatic carbocycles. The summed E-state index contributed by atoms with van der Waals surface area (Å²) in [6.45, 7) is 1.51. The monoisotopic (exact) mass is 396 g/mol. The highest BCUT2D eigenvalue weighted by atomic mass is 32.1. The van der Waals surface area contributed by atoms with Gasteiger partial charge in [-0.15, -0.1) is 11.3 Å². The van der Waals surface area contributed by atoms with E-state index in [0.717, 1.165) is 15.2 Å². The summed E-state index contributed by atoms with van der Waals surface area (Å²) >= 11 is 1.55. The second-order valence-corrected chi connectivity index (χ2v) is 7.14. The zero-order valence-electron chi connectivity index (χ0n) is 14.9. The van der Waals surface area contributed by atoms with Gasteiger partial charge in [-0.1, -0.05) is 12.1 Å². The van der Waals surface area contributed by atoms with E-state index in [1.54, 1.807) is 11.3 Å². The highest BCUT2D eigenvalue weighted by Crippen LogP contribution is 2.22. The third kappa shape index (κ3) is 3.81. The fourth-order valence-electron chi connectivity index (χ4n) is 2.62. The molecule has 0 aliphatic heterocycles. The van der Waals surface area contributed by atoms with E-state index in [1.807, 2.05) is 24.3 Å². The van der Waals surface area contributed by atoms with Crippen LogP contribution < -0.4 is 5.32 Å². The van der Waals surface area contributed by atoms with Crippen LogP contribution in [0.4, 0.5) is 5.82 Å². The third-order valence-electron chi connectivity index (χ3n) is 4.02. The Morgan fingerprint density at radius 3 is 2.96 bits per heavy atom. The first-order chi connectivity index (χ1) is 13.6. The third-order valence-corrected chi connectivity index (χ3v) is 5.12. The lowest BCUT2D eigenvalue weighted by molar-refractivity contribution is -0.153. The van der Waals surface area contributed by atoms with Crippen LogP contribution in [0.3, 0.4) is 0 Å². The summed E-state index contributed by atoms with van der Waals surface area (Å²) in [5.41, 5.74) is 1.86. The van der Waals surface area contributed by atoms with Crippen LogP contribution in [0.2, 0.25) is 0 Å². The van der Waals surface area contributed by atoms with Gasteiger partial charge in [-0.25, -0.2) is 19.9 Å². The zero-order valence-corrected chi connectivity index (χ0v) is 15.7. The molecule has 1 aromatic carbocycles. The molecular formula is C18H16N6O3S. The number of esters is 1. The molecular weight excluding hydrogens is 380 g/mol. The Hall–Kier alpha value is -3.40. The van der Waals surface area contributed by atoms with E-state index in [0.29, 0.717) is 17.6 Å². The SMILES string of the molecule is CC(OC(=O)CCc1nc2ccccc2s1)C(=O)Nc1ncnc2nc[nH]c12. The number of ether oxygens (including phenoxy) is 1. The maximum atomic E-state index is 12.3. The summed E-state index contributed by atoms with van der Waals surface area (Å²) in [7, 11) is 0. The van der Waals surface area contributed by atoms with Crippen LogP contribution in [-0.4, -0.2) is 42.9 Å². The highest BCUT2D eigenvalue weighted by Gasteiger charge is 2.20. The van der Waals surface area contributed by atoms with Gasteiger partial charge in [0.15, 0.2) is 17.6 Å². The molecule has 142 valence electrons. The number of H-pyrrole nitrogens is 1. The van der Waals surface area contributed by atoms with Crippen molar-refractivity contribution in [2.75, 3.05) is 5.32 Å². The van der Waals surface area contributed by atoms with Crippen molar-refractivity contribution < 1.29 is 14.3 Å². The molecule has 0 aliphatic rings. The van der Waals surface area contributed by atoms with E-state index in [1.165, 1.54) is 19.6 Å². The van der Waals surface area contributed by atoms with Gasteiger partial charge in [0.2, 0.25) is 0 Å². The summed E-state index contributed by atoms with van der Waals surface area (Å²) in [5, 5.41) is 3.48. The lowest BCUT2D eigenvalue weighted by Crippen LogP contribution is -2.30. The number of imidazole rings is 1. The number of carbonyl (C=O) groups excluding carboxylic acids is 2. The number of hydrogen-bond acceptors (Lipinski definition) is 8. The molecule has 1 atom stereocenters. The number of amides is 1. The number of aromatic nitrogens is 5. The molecule has 1 amide bonds. The van der Waals surface area contributed by atoms with Gasteiger partial charge in [0, 0.05) is 6.42 Å². The maximum Gasteiger partial charge on any atom is 0.306 e.